The summed E-state index contributed by atoms with van der Waals surface area (Å²) in [5.74, 6) is 1.14. The number of rotatable bonds is 5. The van der Waals surface area contributed by atoms with Crippen molar-refractivity contribution < 1.29 is 13.2 Å². The molecule has 1 fully saturated rings. The van der Waals surface area contributed by atoms with Gasteiger partial charge in [0.05, 0.1) is 18.1 Å². The molecule has 0 spiro atoms. The third-order valence-electron chi connectivity index (χ3n) is 3.06. The fourth-order valence-corrected chi connectivity index (χ4v) is 4.83. The van der Waals surface area contributed by atoms with Crippen molar-refractivity contribution in [2.45, 2.75) is 6.42 Å². The number of hydrogen-bond donors (Lipinski definition) is 0. The third kappa shape index (κ3) is 2.99. The van der Waals surface area contributed by atoms with E-state index in [0.717, 1.165) is 0 Å². The Morgan fingerprint density at radius 3 is 2.33 bits per heavy atom. The highest BCUT2D eigenvalue weighted by atomic mass is 35.5. The summed E-state index contributed by atoms with van der Waals surface area (Å²) < 4.78 is 27.9. The summed E-state index contributed by atoms with van der Waals surface area (Å²) in [7, 11) is -1.31. The summed E-state index contributed by atoms with van der Waals surface area (Å²) in [5, 5.41) is 0. The smallest absolute Gasteiger partial charge is 0.150 e. The quantitative estimate of drug-likeness (QED) is 0.715. The van der Waals surface area contributed by atoms with Crippen molar-refractivity contribution in [3.63, 3.8) is 0 Å². The Hall–Kier alpha value is 0.490. The van der Waals surface area contributed by atoms with Crippen molar-refractivity contribution in [3.05, 3.63) is 0 Å². The number of halogens is 2. The van der Waals surface area contributed by atoms with Crippen molar-refractivity contribution in [1.29, 1.82) is 0 Å². The Morgan fingerprint density at radius 1 is 1.40 bits per heavy atom. The third-order valence-corrected chi connectivity index (χ3v) is 5.90. The van der Waals surface area contributed by atoms with Crippen LogP contribution >= 0.6 is 23.2 Å². The molecular weight excluding hydrogens is 259 g/mol. The van der Waals surface area contributed by atoms with Crippen molar-refractivity contribution in [3.8, 4) is 0 Å². The predicted octanol–water partition coefficient (Wildman–Crippen LogP) is 1.53. The van der Waals surface area contributed by atoms with Crippen molar-refractivity contribution in [1.82, 2.24) is 0 Å². The van der Waals surface area contributed by atoms with E-state index in [9.17, 15) is 8.42 Å². The predicted molar refractivity (Wildman–Crippen MR) is 62.5 cm³/mol. The standard InChI is InChI=1S/C9H16Cl2O3S/c1-14-7-9(5-10,6-11)8-2-3-15(12,13)4-8/h8H,2-7H2,1H3. The van der Waals surface area contributed by atoms with Gasteiger partial charge in [-0.1, -0.05) is 0 Å². The van der Waals surface area contributed by atoms with E-state index in [-0.39, 0.29) is 17.4 Å². The molecule has 0 aliphatic carbocycles. The fraction of sp³-hybridized carbons (Fsp3) is 1.00. The zero-order valence-electron chi connectivity index (χ0n) is 8.71. The highest BCUT2D eigenvalue weighted by Crippen LogP contribution is 2.38. The largest absolute Gasteiger partial charge is 0.384 e. The van der Waals surface area contributed by atoms with Crippen LogP contribution in [-0.4, -0.2) is 45.4 Å². The molecule has 1 heterocycles. The Kier molecular flexibility index (Phi) is 4.71. The van der Waals surface area contributed by atoms with E-state index in [2.05, 4.69) is 0 Å². The normalized spacial score (nSPS) is 25.7. The first-order valence-corrected chi connectivity index (χ1v) is 7.70. The molecule has 0 aromatic carbocycles. The Balaban J connectivity index is 2.81. The molecule has 1 aliphatic heterocycles. The summed E-state index contributed by atoms with van der Waals surface area (Å²) in [5.41, 5.74) is -0.401. The summed E-state index contributed by atoms with van der Waals surface area (Å²) >= 11 is 11.8. The summed E-state index contributed by atoms with van der Waals surface area (Å²) in [6.07, 6.45) is 0.644. The van der Waals surface area contributed by atoms with Gasteiger partial charge in [-0.25, -0.2) is 8.42 Å². The second-order valence-corrected chi connectivity index (χ2v) is 6.93. The van der Waals surface area contributed by atoms with Crippen LogP contribution in [0.4, 0.5) is 0 Å². The first-order chi connectivity index (χ1) is 6.99. The fourth-order valence-electron chi connectivity index (χ4n) is 2.01. The second-order valence-electron chi connectivity index (χ2n) is 4.16. The monoisotopic (exact) mass is 274 g/mol. The molecule has 1 unspecified atom stereocenters. The number of alkyl halides is 2. The molecule has 0 radical (unpaired) electrons. The molecule has 1 atom stereocenters. The van der Waals surface area contributed by atoms with Gasteiger partial charge in [-0.3, -0.25) is 0 Å². The number of sulfone groups is 1. The minimum Gasteiger partial charge on any atom is -0.384 e. The highest BCUT2D eigenvalue weighted by Gasteiger charge is 2.43. The van der Waals surface area contributed by atoms with Crippen LogP contribution in [0.3, 0.4) is 0 Å². The van der Waals surface area contributed by atoms with E-state index in [1.54, 1.807) is 7.11 Å². The summed E-state index contributed by atoms with van der Waals surface area (Å²) in [6, 6.07) is 0. The van der Waals surface area contributed by atoms with Crippen molar-refractivity contribution in [2.24, 2.45) is 11.3 Å². The molecule has 0 saturated carbocycles. The van der Waals surface area contributed by atoms with Crippen LogP contribution in [-0.2, 0) is 14.6 Å². The van der Waals surface area contributed by atoms with Crippen LogP contribution in [0.15, 0.2) is 0 Å². The molecule has 15 heavy (non-hydrogen) atoms. The topological polar surface area (TPSA) is 43.4 Å². The van der Waals surface area contributed by atoms with Gasteiger partial charge in [-0.05, 0) is 12.3 Å². The van der Waals surface area contributed by atoms with E-state index in [0.29, 0.717) is 24.8 Å². The minimum atomic E-state index is -2.89. The Bertz CT molecular complexity index is 298. The average molecular weight is 275 g/mol. The first-order valence-electron chi connectivity index (χ1n) is 4.81. The van der Waals surface area contributed by atoms with Gasteiger partial charge in [0.2, 0.25) is 0 Å². The van der Waals surface area contributed by atoms with E-state index >= 15 is 0 Å². The molecular formula is C9H16Cl2O3S. The van der Waals surface area contributed by atoms with Crippen LogP contribution in [0.5, 0.6) is 0 Å². The van der Waals surface area contributed by atoms with Gasteiger partial charge in [0, 0.05) is 24.3 Å². The molecule has 0 bridgehead atoms. The van der Waals surface area contributed by atoms with Crippen LogP contribution in [0, 0.1) is 11.3 Å². The van der Waals surface area contributed by atoms with E-state index in [1.165, 1.54) is 0 Å². The lowest BCUT2D eigenvalue weighted by atomic mass is 9.79. The molecule has 3 nitrogen and oxygen atoms in total. The van der Waals surface area contributed by atoms with Gasteiger partial charge < -0.3 is 4.74 Å². The number of ether oxygens (including phenoxy) is 1. The molecule has 6 heteroatoms. The molecule has 0 aromatic heterocycles. The number of methoxy groups -OCH3 is 1. The first kappa shape index (κ1) is 13.6. The van der Waals surface area contributed by atoms with Crippen LogP contribution in [0.1, 0.15) is 6.42 Å². The minimum absolute atomic E-state index is 0.0254. The lowest BCUT2D eigenvalue weighted by Gasteiger charge is -2.34. The van der Waals surface area contributed by atoms with Gasteiger partial charge in [0.25, 0.3) is 0 Å². The molecule has 0 aromatic rings. The van der Waals surface area contributed by atoms with Gasteiger partial charge >= 0.3 is 0 Å². The zero-order chi connectivity index (χ0) is 11.5. The molecule has 1 aliphatic rings. The average Bonchev–Trinajstić information content (AvgIpc) is 2.56. The maximum atomic E-state index is 11.4. The molecule has 0 amide bonds. The molecule has 90 valence electrons. The zero-order valence-corrected chi connectivity index (χ0v) is 11.0. The van der Waals surface area contributed by atoms with E-state index in [1.807, 2.05) is 0 Å². The molecule has 1 rings (SSSR count). The lowest BCUT2D eigenvalue weighted by Crippen LogP contribution is -2.39. The summed E-state index contributed by atoms with van der Waals surface area (Å²) in [4.78, 5) is 0. The van der Waals surface area contributed by atoms with E-state index < -0.39 is 15.3 Å². The maximum absolute atomic E-state index is 11.4. The van der Waals surface area contributed by atoms with Gasteiger partial charge in [-0.2, -0.15) is 0 Å². The highest BCUT2D eigenvalue weighted by molar-refractivity contribution is 7.91. The maximum Gasteiger partial charge on any atom is 0.150 e. The van der Waals surface area contributed by atoms with Crippen LogP contribution in [0.25, 0.3) is 0 Å². The van der Waals surface area contributed by atoms with Crippen LogP contribution < -0.4 is 0 Å². The Morgan fingerprint density at radius 2 is 2.00 bits per heavy atom. The summed E-state index contributed by atoms with van der Waals surface area (Å²) in [6.45, 7) is 0.417. The number of hydrogen-bond acceptors (Lipinski definition) is 3. The van der Waals surface area contributed by atoms with Crippen molar-refractivity contribution >= 4 is 33.0 Å². The second kappa shape index (κ2) is 5.21. The lowest BCUT2D eigenvalue weighted by molar-refractivity contribution is 0.0730. The van der Waals surface area contributed by atoms with Gasteiger partial charge in [0.15, 0.2) is 9.84 Å². The van der Waals surface area contributed by atoms with Gasteiger partial charge in [-0.15, -0.1) is 23.2 Å². The van der Waals surface area contributed by atoms with Gasteiger partial charge in [0.1, 0.15) is 0 Å². The van der Waals surface area contributed by atoms with Crippen LogP contribution in [0.2, 0.25) is 0 Å². The SMILES string of the molecule is COCC(CCl)(CCl)C1CCS(=O)(=O)C1. The molecule has 1 saturated heterocycles. The molecule has 0 N–H and O–H groups in total. The van der Waals surface area contributed by atoms with Crippen molar-refractivity contribution in [2.75, 3.05) is 37.0 Å². The Labute approximate surface area is 101 Å². The van der Waals surface area contributed by atoms with E-state index in [4.69, 9.17) is 27.9 Å².